The number of halogens is 5. The van der Waals surface area contributed by atoms with Gasteiger partial charge in [-0.25, -0.2) is 27.3 Å². The van der Waals surface area contributed by atoms with Crippen molar-refractivity contribution < 1.29 is 36.6 Å². The Kier molecular flexibility index (Phi) is 9.53. The molecule has 0 aliphatic heterocycles. The van der Waals surface area contributed by atoms with Crippen molar-refractivity contribution in [1.29, 1.82) is 0 Å². The van der Waals surface area contributed by atoms with Gasteiger partial charge in [-0.3, -0.25) is 0 Å². The number of carbonyl (C=O) groups is 1. The third-order valence-corrected chi connectivity index (χ3v) is 6.84. The highest BCUT2D eigenvalue weighted by Gasteiger charge is 2.25. The predicted molar refractivity (Wildman–Crippen MR) is 154 cm³/mol. The number of nitrogens with one attached hydrogen (secondary N) is 2. The highest BCUT2D eigenvalue weighted by molar-refractivity contribution is 14.1. The van der Waals surface area contributed by atoms with Crippen LogP contribution in [0.3, 0.4) is 0 Å². The van der Waals surface area contributed by atoms with Crippen LogP contribution in [0.25, 0.3) is 0 Å². The molecule has 0 atom stereocenters. The van der Waals surface area contributed by atoms with E-state index in [1.165, 1.54) is 38.6 Å². The first-order valence-corrected chi connectivity index (χ1v) is 13.1. The second-order valence-electron chi connectivity index (χ2n) is 8.67. The summed E-state index contributed by atoms with van der Waals surface area (Å²) < 4.78 is 76.3. The summed E-state index contributed by atoms with van der Waals surface area (Å²) in [6, 6.07) is 11.6. The Morgan fingerprint density at radius 1 is 0.878 bits per heavy atom. The highest BCUT2D eigenvalue weighted by Crippen LogP contribution is 2.33. The van der Waals surface area contributed by atoms with Crippen molar-refractivity contribution >= 4 is 45.8 Å². The predicted octanol–water partition coefficient (Wildman–Crippen LogP) is 6.99. The summed E-state index contributed by atoms with van der Waals surface area (Å²) in [5.41, 5.74) is -0.801. The van der Waals surface area contributed by atoms with Crippen LogP contribution in [0, 0.1) is 26.8 Å². The molecule has 4 aromatic rings. The summed E-state index contributed by atoms with van der Waals surface area (Å²) in [5, 5.41) is 5.33. The van der Waals surface area contributed by atoms with Crippen molar-refractivity contribution in [3.8, 4) is 11.5 Å². The summed E-state index contributed by atoms with van der Waals surface area (Å²) in [7, 11) is 4.08. The quantitative estimate of drug-likeness (QED) is 0.106. The van der Waals surface area contributed by atoms with Gasteiger partial charge in [0.15, 0.2) is 23.3 Å². The Morgan fingerprint density at radius 3 is 2.34 bits per heavy atom. The normalized spacial score (nSPS) is 10.7. The average molecular weight is 681 g/mol. The standard InChI is InChI=1S/C29H24F4IN3O4/c1-39-19-6-4-16(23(13-19)40-2)14-36-28-25(32)15(8-9-35-28)10-17-11-20(29(38)41-3)27(26(33)24(17)31)37-22-7-5-18(34)12-21(22)30/h4-9,11-13,37H,10,14H2,1-3H3,(H,35,36). The third-order valence-electron chi connectivity index (χ3n) is 6.17. The molecule has 41 heavy (non-hydrogen) atoms. The lowest BCUT2D eigenvalue weighted by atomic mass is 10.00. The maximum Gasteiger partial charge on any atom is 0.340 e. The van der Waals surface area contributed by atoms with Gasteiger partial charge in [-0.1, -0.05) is 0 Å². The van der Waals surface area contributed by atoms with Gasteiger partial charge >= 0.3 is 5.97 Å². The monoisotopic (exact) mass is 681 g/mol. The maximum atomic E-state index is 15.4. The number of nitrogens with zero attached hydrogens (tertiary/aromatic N) is 1. The van der Waals surface area contributed by atoms with Gasteiger partial charge in [-0.05, 0) is 76.2 Å². The Balaban J connectivity index is 1.64. The van der Waals surface area contributed by atoms with Crippen molar-refractivity contribution in [3.05, 3.63) is 104 Å². The molecule has 0 saturated carbocycles. The van der Waals surface area contributed by atoms with E-state index in [0.29, 0.717) is 20.6 Å². The van der Waals surface area contributed by atoms with E-state index >= 15 is 13.2 Å². The fourth-order valence-corrected chi connectivity index (χ4v) is 4.50. The SMILES string of the molecule is COC(=O)c1cc(Cc2ccnc(NCc3ccc(OC)cc3OC)c2F)c(F)c(F)c1Nc1ccc(I)cc1F. The number of esters is 1. The average Bonchev–Trinajstić information content (AvgIpc) is 2.97. The highest BCUT2D eigenvalue weighted by atomic mass is 127. The Bertz CT molecular complexity index is 1600. The number of carbonyl (C=O) groups excluding carboxylic acids is 1. The van der Waals surface area contributed by atoms with Crippen LogP contribution in [0.1, 0.15) is 27.0 Å². The molecule has 2 N–H and O–H groups in total. The number of hydrogen-bond acceptors (Lipinski definition) is 7. The Hall–Kier alpha value is -4.07. The summed E-state index contributed by atoms with van der Waals surface area (Å²) in [5.74, 6) is -4.32. The van der Waals surface area contributed by atoms with Crippen molar-refractivity contribution in [3.63, 3.8) is 0 Å². The second-order valence-corrected chi connectivity index (χ2v) is 9.91. The molecule has 1 aromatic heterocycles. The minimum atomic E-state index is -1.44. The molecule has 0 saturated heterocycles. The zero-order valence-corrected chi connectivity index (χ0v) is 24.2. The second kappa shape index (κ2) is 13.1. The fourth-order valence-electron chi connectivity index (χ4n) is 4.05. The van der Waals surface area contributed by atoms with Crippen LogP contribution in [0.5, 0.6) is 11.5 Å². The van der Waals surface area contributed by atoms with Gasteiger partial charge in [0.2, 0.25) is 0 Å². The molecule has 7 nitrogen and oxygen atoms in total. The topological polar surface area (TPSA) is 81.7 Å². The zero-order valence-electron chi connectivity index (χ0n) is 22.1. The van der Waals surface area contributed by atoms with Gasteiger partial charge in [0, 0.05) is 34.4 Å². The Morgan fingerprint density at radius 2 is 1.66 bits per heavy atom. The molecule has 0 unspecified atom stereocenters. The molecule has 0 bridgehead atoms. The van der Waals surface area contributed by atoms with Crippen LogP contribution >= 0.6 is 22.6 Å². The molecular weight excluding hydrogens is 657 g/mol. The first-order valence-electron chi connectivity index (χ1n) is 12.1. The molecular formula is C29H24F4IN3O4. The van der Waals surface area contributed by atoms with E-state index in [-0.39, 0.29) is 29.2 Å². The third kappa shape index (κ3) is 6.64. The lowest BCUT2D eigenvalue weighted by Gasteiger charge is -2.16. The number of aromatic nitrogens is 1. The first-order chi connectivity index (χ1) is 19.7. The number of rotatable bonds is 10. The molecule has 1 heterocycles. The number of pyridine rings is 1. The number of benzene rings is 3. The number of anilines is 3. The van der Waals surface area contributed by atoms with Crippen LogP contribution in [0.2, 0.25) is 0 Å². The van der Waals surface area contributed by atoms with Crippen LogP contribution in [-0.2, 0) is 17.7 Å². The number of ether oxygens (including phenoxy) is 3. The number of methoxy groups -OCH3 is 3. The van der Waals surface area contributed by atoms with E-state index in [4.69, 9.17) is 14.2 Å². The summed E-state index contributed by atoms with van der Waals surface area (Å²) in [6.07, 6.45) is 0.900. The minimum absolute atomic E-state index is 0.0114. The lowest BCUT2D eigenvalue weighted by Crippen LogP contribution is -2.12. The molecule has 3 aromatic carbocycles. The first kappa shape index (κ1) is 29.9. The van der Waals surface area contributed by atoms with E-state index in [2.05, 4.69) is 15.6 Å². The lowest BCUT2D eigenvalue weighted by molar-refractivity contribution is 0.0601. The van der Waals surface area contributed by atoms with Gasteiger partial charge in [-0.15, -0.1) is 0 Å². The molecule has 0 aliphatic rings. The van der Waals surface area contributed by atoms with E-state index in [0.717, 1.165) is 13.2 Å². The van der Waals surface area contributed by atoms with E-state index in [9.17, 15) is 9.18 Å². The van der Waals surface area contributed by atoms with Crippen LogP contribution in [0.4, 0.5) is 34.8 Å². The van der Waals surface area contributed by atoms with Crippen molar-refractivity contribution in [2.75, 3.05) is 32.0 Å². The van der Waals surface area contributed by atoms with E-state index in [1.807, 2.05) is 22.6 Å². The maximum absolute atomic E-state index is 15.4. The van der Waals surface area contributed by atoms with Crippen LogP contribution in [0.15, 0.2) is 54.7 Å². The number of hydrogen-bond donors (Lipinski definition) is 2. The van der Waals surface area contributed by atoms with E-state index < -0.39 is 46.9 Å². The fraction of sp³-hybridized carbons (Fsp3) is 0.172. The van der Waals surface area contributed by atoms with Crippen LogP contribution < -0.4 is 20.1 Å². The summed E-state index contributed by atoms with van der Waals surface area (Å²) in [4.78, 5) is 16.5. The van der Waals surface area contributed by atoms with Crippen LogP contribution in [-0.4, -0.2) is 32.3 Å². The smallest absolute Gasteiger partial charge is 0.340 e. The largest absolute Gasteiger partial charge is 0.497 e. The molecule has 0 amide bonds. The summed E-state index contributed by atoms with van der Waals surface area (Å²) >= 11 is 1.90. The molecule has 12 heteroatoms. The zero-order chi connectivity index (χ0) is 29.7. The summed E-state index contributed by atoms with van der Waals surface area (Å²) in [6.45, 7) is 0.144. The van der Waals surface area contributed by atoms with Gasteiger partial charge < -0.3 is 24.8 Å². The Labute approximate surface area is 247 Å². The van der Waals surface area contributed by atoms with Gasteiger partial charge in [0.1, 0.15) is 17.3 Å². The van der Waals surface area contributed by atoms with E-state index in [1.54, 1.807) is 24.3 Å². The molecule has 214 valence electrons. The minimum Gasteiger partial charge on any atom is -0.497 e. The van der Waals surface area contributed by atoms with Crippen molar-refractivity contribution in [2.45, 2.75) is 13.0 Å². The molecule has 0 aliphatic carbocycles. The molecule has 0 radical (unpaired) electrons. The van der Waals surface area contributed by atoms with Crippen molar-refractivity contribution in [1.82, 2.24) is 4.98 Å². The van der Waals surface area contributed by atoms with Gasteiger partial charge in [0.05, 0.1) is 38.3 Å². The van der Waals surface area contributed by atoms with Crippen molar-refractivity contribution in [2.24, 2.45) is 0 Å². The van der Waals surface area contributed by atoms with Gasteiger partial charge in [-0.2, -0.15) is 0 Å². The molecule has 0 fully saturated rings. The molecule has 4 rings (SSSR count). The van der Waals surface area contributed by atoms with Gasteiger partial charge in [0.25, 0.3) is 0 Å². The molecule has 0 spiro atoms.